The number of carbonyl (C=O) groups excluding carboxylic acids is 1. The van der Waals surface area contributed by atoms with E-state index in [9.17, 15) is 4.79 Å². The van der Waals surface area contributed by atoms with Gasteiger partial charge in [-0.2, -0.15) is 0 Å². The Balaban J connectivity index is 2.55. The van der Waals surface area contributed by atoms with Gasteiger partial charge in [-0.25, -0.2) is 0 Å². The van der Waals surface area contributed by atoms with E-state index in [1.165, 1.54) is 0 Å². The van der Waals surface area contributed by atoms with Crippen molar-refractivity contribution in [1.82, 2.24) is 4.90 Å². The molecular weight excluding hydrogens is 574 g/mol. The van der Waals surface area contributed by atoms with Gasteiger partial charge in [0.15, 0.2) is 0 Å². The van der Waals surface area contributed by atoms with Gasteiger partial charge >= 0.3 is 0 Å². The zero-order valence-electron chi connectivity index (χ0n) is 13.5. The zero-order chi connectivity index (χ0) is 18.3. The maximum Gasteiger partial charge on any atom is 0.228 e. The molecule has 0 N–H and O–H groups in total. The first-order valence-electron chi connectivity index (χ1n) is 7.26. The number of alkyl halides is 2. The van der Waals surface area contributed by atoms with Gasteiger partial charge in [-0.3, -0.25) is 4.79 Å². The van der Waals surface area contributed by atoms with Crippen LogP contribution in [0, 0.1) is 5.92 Å². The molecular formula is C16H19Br4NO3. The van der Waals surface area contributed by atoms with E-state index in [-0.39, 0.29) is 5.91 Å². The summed E-state index contributed by atoms with van der Waals surface area (Å²) in [5.41, 5.74) is 0. The van der Waals surface area contributed by atoms with Crippen LogP contribution in [-0.4, -0.2) is 52.6 Å². The predicted molar refractivity (Wildman–Crippen MR) is 110 cm³/mol. The number of halogens is 4. The van der Waals surface area contributed by atoms with Crippen LogP contribution in [0.15, 0.2) is 34.3 Å². The summed E-state index contributed by atoms with van der Waals surface area (Å²) in [7, 11) is 3.17. The predicted octanol–water partition coefficient (Wildman–Crippen LogP) is 4.48. The molecule has 2 rings (SSSR count). The number of fused-ring (bicyclic) bond motifs is 2. The summed E-state index contributed by atoms with van der Waals surface area (Å²) in [5, 5.41) is 0. The highest BCUT2D eigenvalue weighted by Crippen LogP contribution is 2.73. The SMILES string of the molecule is C=CCN(CC=C)C(=O)[C@H]1C[C@@]2(Br)C(Br)=C(Br)[C@]1(Br)C2(OC)OC. The molecule has 0 radical (unpaired) electrons. The van der Waals surface area contributed by atoms with E-state index in [0.29, 0.717) is 19.5 Å². The van der Waals surface area contributed by atoms with Crippen LogP contribution in [0.1, 0.15) is 6.42 Å². The fraction of sp³-hybridized carbons (Fsp3) is 0.562. The van der Waals surface area contributed by atoms with Crippen LogP contribution >= 0.6 is 63.7 Å². The molecule has 0 aliphatic heterocycles. The first-order chi connectivity index (χ1) is 11.2. The highest BCUT2D eigenvalue weighted by atomic mass is 79.9. The fourth-order valence-electron chi connectivity index (χ4n) is 3.69. The number of amides is 1. The number of carbonyl (C=O) groups is 1. The molecule has 2 aliphatic rings. The van der Waals surface area contributed by atoms with Gasteiger partial charge in [-0.15, -0.1) is 13.2 Å². The molecule has 2 aliphatic carbocycles. The third-order valence-corrected chi connectivity index (χ3v) is 11.1. The van der Waals surface area contributed by atoms with Crippen molar-refractivity contribution in [2.24, 2.45) is 5.92 Å². The molecule has 3 atom stereocenters. The van der Waals surface area contributed by atoms with Crippen molar-refractivity contribution < 1.29 is 14.3 Å². The van der Waals surface area contributed by atoms with E-state index in [1.54, 1.807) is 31.3 Å². The van der Waals surface area contributed by atoms with Gasteiger partial charge in [-0.1, -0.05) is 75.9 Å². The smallest absolute Gasteiger partial charge is 0.228 e. The quantitative estimate of drug-likeness (QED) is 0.249. The summed E-state index contributed by atoms with van der Waals surface area (Å²) in [6, 6.07) is 0. The van der Waals surface area contributed by atoms with Crippen LogP contribution in [0.2, 0.25) is 0 Å². The normalized spacial score (nSPS) is 33.7. The maximum atomic E-state index is 13.2. The lowest BCUT2D eigenvalue weighted by Crippen LogP contribution is -2.57. The minimum Gasteiger partial charge on any atom is -0.350 e. The fourth-order valence-corrected chi connectivity index (χ4v) is 8.47. The second kappa shape index (κ2) is 7.27. The molecule has 0 aromatic heterocycles. The monoisotopic (exact) mass is 589 g/mol. The molecule has 4 nitrogen and oxygen atoms in total. The maximum absolute atomic E-state index is 13.2. The number of ether oxygens (including phenoxy) is 2. The molecule has 0 spiro atoms. The molecule has 0 aromatic carbocycles. The average molecular weight is 593 g/mol. The largest absolute Gasteiger partial charge is 0.350 e. The summed E-state index contributed by atoms with van der Waals surface area (Å²) in [4.78, 5) is 15.0. The second-order valence-corrected chi connectivity index (χ2v) is 9.93. The summed E-state index contributed by atoms with van der Waals surface area (Å²) in [6.07, 6.45) is 3.93. The van der Waals surface area contributed by atoms with Gasteiger partial charge in [0.1, 0.15) is 8.65 Å². The summed E-state index contributed by atoms with van der Waals surface area (Å²) in [5.74, 6) is -1.48. The minimum absolute atomic E-state index is 0.0107. The standard InChI is InChI=1S/C16H19Br4NO3/c1-5-7-21(8-6-2)13(22)10-9-14(19)11(17)12(18)15(10,20)16(14,23-3)24-4/h5-6,10H,1-2,7-9H2,3-4H3/t10-,14-,15+/m1/s1. The van der Waals surface area contributed by atoms with Crippen molar-refractivity contribution in [2.75, 3.05) is 27.3 Å². The summed E-state index contributed by atoms with van der Waals surface area (Å²) >= 11 is 14.8. The summed E-state index contributed by atoms with van der Waals surface area (Å²) in [6.45, 7) is 8.38. The summed E-state index contributed by atoms with van der Waals surface area (Å²) < 4.78 is 11.8. The number of rotatable bonds is 7. The molecule has 1 amide bonds. The molecule has 0 heterocycles. The molecule has 24 heavy (non-hydrogen) atoms. The Hall–Kier alpha value is 0.530. The third kappa shape index (κ3) is 2.43. The van der Waals surface area contributed by atoms with Crippen molar-refractivity contribution >= 4 is 69.6 Å². The second-order valence-electron chi connectivity index (χ2n) is 5.74. The molecule has 134 valence electrons. The molecule has 0 saturated heterocycles. The van der Waals surface area contributed by atoms with Crippen molar-refractivity contribution in [3.05, 3.63) is 34.3 Å². The lowest BCUT2D eigenvalue weighted by molar-refractivity contribution is -0.213. The molecule has 1 fully saturated rings. The molecule has 2 bridgehead atoms. The van der Waals surface area contributed by atoms with E-state index in [2.05, 4.69) is 76.9 Å². The Labute approximate surface area is 176 Å². The Morgan fingerprint density at radius 3 is 2.08 bits per heavy atom. The third-order valence-electron chi connectivity index (χ3n) is 4.71. The Kier molecular flexibility index (Phi) is 6.31. The number of methoxy groups -OCH3 is 2. The highest BCUT2D eigenvalue weighted by Gasteiger charge is 2.81. The topological polar surface area (TPSA) is 38.8 Å². The van der Waals surface area contributed by atoms with Gasteiger partial charge in [-0.05, 0) is 6.42 Å². The van der Waals surface area contributed by atoms with Crippen molar-refractivity contribution in [1.29, 1.82) is 0 Å². The Bertz CT molecular complexity index is 594. The Morgan fingerprint density at radius 2 is 1.71 bits per heavy atom. The van der Waals surface area contributed by atoms with Gasteiger partial charge in [0, 0.05) is 36.3 Å². The van der Waals surface area contributed by atoms with Crippen LogP contribution in [0.4, 0.5) is 0 Å². The van der Waals surface area contributed by atoms with Crippen LogP contribution in [0.25, 0.3) is 0 Å². The van der Waals surface area contributed by atoms with Crippen molar-refractivity contribution in [2.45, 2.75) is 20.9 Å². The minimum atomic E-state index is -1.08. The lowest BCUT2D eigenvalue weighted by atomic mass is 9.90. The first-order valence-corrected chi connectivity index (χ1v) is 10.4. The lowest BCUT2D eigenvalue weighted by Gasteiger charge is -2.42. The van der Waals surface area contributed by atoms with Crippen molar-refractivity contribution in [3.8, 4) is 0 Å². The van der Waals surface area contributed by atoms with Crippen LogP contribution in [0.3, 0.4) is 0 Å². The van der Waals surface area contributed by atoms with E-state index in [1.807, 2.05) is 0 Å². The van der Waals surface area contributed by atoms with E-state index >= 15 is 0 Å². The number of hydrogen-bond donors (Lipinski definition) is 0. The van der Waals surface area contributed by atoms with Gasteiger partial charge in [0.05, 0.1) is 5.92 Å². The Morgan fingerprint density at radius 1 is 1.21 bits per heavy atom. The van der Waals surface area contributed by atoms with E-state index < -0.39 is 20.4 Å². The molecule has 0 unspecified atom stereocenters. The first kappa shape index (κ1) is 20.8. The highest BCUT2D eigenvalue weighted by molar-refractivity contribution is 9.16. The van der Waals surface area contributed by atoms with Crippen molar-refractivity contribution in [3.63, 3.8) is 0 Å². The van der Waals surface area contributed by atoms with E-state index in [4.69, 9.17) is 9.47 Å². The van der Waals surface area contributed by atoms with Crippen LogP contribution < -0.4 is 0 Å². The van der Waals surface area contributed by atoms with E-state index in [0.717, 1.165) is 8.96 Å². The van der Waals surface area contributed by atoms with Gasteiger partial charge in [0.25, 0.3) is 0 Å². The van der Waals surface area contributed by atoms with Gasteiger partial charge in [0.2, 0.25) is 11.7 Å². The van der Waals surface area contributed by atoms with Gasteiger partial charge < -0.3 is 14.4 Å². The average Bonchev–Trinajstić information content (AvgIpc) is 2.84. The number of nitrogens with zero attached hydrogens (tertiary/aromatic N) is 1. The number of hydrogen-bond acceptors (Lipinski definition) is 3. The van der Waals surface area contributed by atoms with Crippen LogP contribution in [-0.2, 0) is 14.3 Å². The van der Waals surface area contributed by atoms with Crippen LogP contribution in [0.5, 0.6) is 0 Å². The molecule has 0 aromatic rings. The molecule has 8 heteroatoms. The molecule has 1 saturated carbocycles. The zero-order valence-corrected chi connectivity index (χ0v) is 19.8.